The summed E-state index contributed by atoms with van der Waals surface area (Å²) in [6, 6.07) is 8.22. The van der Waals surface area contributed by atoms with Crippen LogP contribution in [0.4, 0.5) is 5.82 Å². The molecule has 8 heteroatoms. The molecule has 1 aromatic carbocycles. The van der Waals surface area contributed by atoms with Crippen molar-refractivity contribution >= 4 is 33.7 Å². The molecule has 1 N–H and O–H groups in total. The first-order valence-electron chi connectivity index (χ1n) is 9.91. The third-order valence-electron chi connectivity index (χ3n) is 5.72. The number of hydrogen-bond donors (Lipinski definition) is 1. The fraction of sp³-hybridized carbons (Fsp3) is 0.333. The number of carbonyl (C=O) groups excluding carboxylic acids is 1. The first-order chi connectivity index (χ1) is 14.2. The predicted octanol–water partition coefficient (Wildman–Crippen LogP) is 2.13. The fourth-order valence-corrected chi connectivity index (χ4v) is 4.11. The maximum atomic E-state index is 12.7. The monoisotopic (exact) mass is 389 g/mol. The molecule has 1 aliphatic heterocycles. The number of amides is 1. The lowest BCUT2D eigenvalue weighted by atomic mass is 10.1. The molecule has 29 heavy (non-hydrogen) atoms. The SMILES string of the molecule is Cn1ncc2c(N3CCN(C(=O)CCc4c[nH]c5ccccc45)CC3)ncnc21. The molecule has 0 aliphatic carbocycles. The largest absolute Gasteiger partial charge is 0.361 e. The van der Waals surface area contributed by atoms with E-state index < -0.39 is 0 Å². The first kappa shape index (κ1) is 17.7. The Labute approximate surface area is 168 Å². The molecular weight excluding hydrogens is 366 g/mol. The van der Waals surface area contributed by atoms with Gasteiger partial charge in [0.2, 0.25) is 5.91 Å². The van der Waals surface area contributed by atoms with Crippen molar-refractivity contribution in [3.05, 3.63) is 48.5 Å². The van der Waals surface area contributed by atoms with Gasteiger partial charge in [-0.3, -0.25) is 9.48 Å². The number of rotatable bonds is 4. The second-order valence-corrected chi connectivity index (χ2v) is 7.43. The van der Waals surface area contributed by atoms with Crippen molar-refractivity contribution in [1.82, 2.24) is 29.6 Å². The summed E-state index contributed by atoms with van der Waals surface area (Å²) < 4.78 is 1.75. The van der Waals surface area contributed by atoms with Gasteiger partial charge in [0.25, 0.3) is 0 Å². The van der Waals surface area contributed by atoms with Gasteiger partial charge in [-0.05, 0) is 18.1 Å². The van der Waals surface area contributed by atoms with E-state index in [-0.39, 0.29) is 5.91 Å². The molecule has 1 aliphatic rings. The lowest BCUT2D eigenvalue weighted by Gasteiger charge is -2.35. The van der Waals surface area contributed by atoms with Crippen LogP contribution in [0.3, 0.4) is 0 Å². The lowest BCUT2D eigenvalue weighted by Crippen LogP contribution is -2.49. The van der Waals surface area contributed by atoms with E-state index in [0.29, 0.717) is 19.5 Å². The normalized spacial score (nSPS) is 14.8. The van der Waals surface area contributed by atoms with E-state index in [9.17, 15) is 4.79 Å². The number of piperazine rings is 1. The number of aromatic nitrogens is 5. The maximum Gasteiger partial charge on any atom is 0.223 e. The van der Waals surface area contributed by atoms with E-state index in [0.717, 1.165) is 41.9 Å². The Hall–Kier alpha value is -3.42. The van der Waals surface area contributed by atoms with E-state index in [1.807, 2.05) is 36.5 Å². The van der Waals surface area contributed by atoms with Gasteiger partial charge >= 0.3 is 0 Å². The molecule has 0 atom stereocenters. The smallest absolute Gasteiger partial charge is 0.223 e. The van der Waals surface area contributed by atoms with Crippen molar-refractivity contribution < 1.29 is 4.79 Å². The number of aromatic amines is 1. The summed E-state index contributed by atoms with van der Waals surface area (Å²) in [5.41, 5.74) is 3.15. The number of fused-ring (bicyclic) bond motifs is 2. The van der Waals surface area contributed by atoms with Crippen LogP contribution in [0.5, 0.6) is 0 Å². The van der Waals surface area contributed by atoms with Crippen molar-refractivity contribution in [3.63, 3.8) is 0 Å². The number of para-hydroxylation sites is 1. The summed E-state index contributed by atoms with van der Waals surface area (Å²) in [5, 5.41) is 6.44. The Morgan fingerprint density at radius 1 is 1.10 bits per heavy atom. The van der Waals surface area contributed by atoms with Gasteiger partial charge in [0.05, 0.1) is 11.6 Å². The molecule has 0 spiro atoms. The molecule has 148 valence electrons. The average molecular weight is 389 g/mol. The summed E-state index contributed by atoms with van der Waals surface area (Å²) >= 11 is 0. The Kier molecular flexibility index (Phi) is 4.38. The van der Waals surface area contributed by atoms with Crippen LogP contribution in [0.2, 0.25) is 0 Å². The summed E-state index contributed by atoms with van der Waals surface area (Å²) in [4.78, 5) is 29.0. The molecular formula is C21H23N7O. The Balaban J connectivity index is 1.21. The zero-order valence-electron chi connectivity index (χ0n) is 16.4. The van der Waals surface area contributed by atoms with E-state index >= 15 is 0 Å². The zero-order valence-corrected chi connectivity index (χ0v) is 16.4. The molecule has 4 heterocycles. The highest BCUT2D eigenvalue weighted by Gasteiger charge is 2.23. The van der Waals surface area contributed by atoms with Crippen molar-refractivity contribution in [3.8, 4) is 0 Å². The average Bonchev–Trinajstić information content (AvgIpc) is 3.36. The third kappa shape index (κ3) is 3.20. The molecule has 1 fully saturated rings. The van der Waals surface area contributed by atoms with E-state index in [4.69, 9.17) is 0 Å². The van der Waals surface area contributed by atoms with Crippen LogP contribution in [0, 0.1) is 0 Å². The molecule has 1 amide bonds. The first-order valence-corrected chi connectivity index (χ1v) is 9.91. The maximum absolute atomic E-state index is 12.7. The van der Waals surface area contributed by atoms with Gasteiger partial charge in [-0.15, -0.1) is 0 Å². The quantitative estimate of drug-likeness (QED) is 0.578. The van der Waals surface area contributed by atoms with Crippen LogP contribution in [-0.2, 0) is 18.3 Å². The van der Waals surface area contributed by atoms with Crippen molar-refractivity contribution in [1.29, 1.82) is 0 Å². The lowest BCUT2D eigenvalue weighted by molar-refractivity contribution is -0.131. The van der Waals surface area contributed by atoms with Crippen LogP contribution in [0.15, 0.2) is 43.0 Å². The zero-order chi connectivity index (χ0) is 19.8. The number of H-pyrrole nitrogens is 1. The molecule has 0 unspecified atom stereocenters. The number of nitrogens with one attached hydrogen (secondary N) is 1. The summed E-state index contributed by atoms with van der Waals surface area (Å²) in [6.07, 6.45) is 6.69. The van der Waals surface area contributed by atoms with Gasteiger partial charge in [-0.2, -0.15) is 5.10 Å². The minimum atomic E-state index is 0.212. The Morgan fingerprint density at radius 3 is 2.79 bits per heavy atom. The molecule has 1 saturated heterocycles. The molecule has 0 saturated carbocycles. The van der Waals surface area contributed by atoms with Crippen LogP contribution in [-0.4, -0.2) is 61.7 Å². The number of hydrogen-bond acceptors (Lipinski definition) is 5. The number of carbonyl (C=O) groups is 1. The second-order valence-electron chi connectivity index (χ2n) is 7.43. The molecule has 0 radical (unpaired) electrons. The van der Waals surface area contributed by atoms with E-state index in [1.165, 1.54) is 10.9 Å². The van der Waals surface area contributed by atoms with Crippen LogP contribution < -0.4 is 4.90 Å². The molecule has 4 aromatic rings. The fourth-order valence-electron chi connectivity index (χ4n) is 4.11. The highest BCUT2D eigenvalue weighted by molar-refractivity contribution is 5.87. The highest BCUT2D eigenvalue weighted by atomic mass is 16.2. The van der Waals surface area contributed by atoms with E-state index in [1.54, 1.807) is 11.0 Å². The predicted molar refractivity (Wildman–Crippen MR) is 112 cm³/mol. The van der Waals surface area contributed by atoms with Gasteiger partial charge in [0.15, 0.2) is 5.65 Å². The highest BCUT2D eigenvalue weighted by Crippen LogP contribution is 2.24. The number of benzene rings is 1. The molecule has 8 nitrogen and oxygen atoms in total. The van der Waals surface area contributed by atoms with Gasteiger partial charge in [-0.25, -0.2) is 9.97 Å². The van der Waals surface area contributed by atoms with Gasteiger partial charge in [0.1, 0.15) is 12.1 Å². The summed E-state index contributed by atoms with van der Waals surface area (Å²) in [7, 11) is 1.88. The summed E-state index contributed by atoms with van der Waals surface area (Å²) in [6.45, 7) is 2.94. The van der Waals surface area contributed by atoms with Crippen molar-refractivity contribution in [2.45, 2.75) is 12.8 Å². The van der Waals surface area contributed by atoms with Gasteiger partial charge in [0, 0.05) is 56.7 Å². The molecule has 5 rings (SSSR count). The topological polar surface area (TPSA) is 82.9 Å². The molecule has 3 aromatic heterocycles. The van der Waals surface area contributed by atoms with Gasteiger partial charge in [-0.1, -0.05) is 18.2 Å². The minimum Gasteiger partial charge on any atom is -0.361 e. The second kappa shape index (κ2) is 7.20. The third-order valence-corrected chi connectivity index (χ3v) is 5.72. The number of aryl methyl sites for hydroxylation is 2. The van der Waals surface area contributed by atoms with Crippen LogP contribution in [0.1, 0.15) is 12.0 Å². The Bertz CT molecular complexity index is 1170. The Morgan fingerprint density at radius 2 is 1.93 bits per heavy atom. The van der Waals surface area contributed by atoms with E-state index in [2.05, 4.69) is 37.1 Å². The van der Waals surface area contributed by atoms with Gasteiger partial charge < -0.3 is 14.8 Å². The van der Waals surface area contributed by atoms with Crippen molar-refractivity contribution in [2.24, 2.45) is 7.05 Å². The number of anilines is 1. The van der Waals surface area contributed by atoms with Crippen molar-refractivity contribution in [2.75, 3.05) is 31.1 Å². The molecule has 0 bridgehead atoms. The van der Waals surface area contributed by atoms with Crippen LogP contribution in [0.25, 0.3) is 21.9 Å². The standard InChI is InChI=1S/C21H23N7O/c1-26-20-17(13-25-26)21(24-14-23-20)28-10-8-27(9-11-28)19(29)7-6-15-12-22-18-5-3-2-4-16(15)18/h2-5,12-14,22H,6-11H2,1H3. The van der Waals surface area contributed by atoms with Crippen LogP contribution >= 0.6 is 0 Å². The summed E-state index contributed by atoms with van der Waals surface area (Å²) in [5.74, 6) is 1.11. The minimum absolute atomic E-state index is 0.212. The number of nitrogens with zero attached hydrogens (tertiary/aromatic N) is 6.